The third kappa shape index (κ3) is 3.57. The zero-order chi connectivity index (χ0) is 17.2. The van der Waals surface area contributed by atoms with Crippen LogP contribution in [-0.4, -0.2) is 26.6 Å². The van der Waals surface area contributed by atoms with Gasteiger partial charge in [-0.25, -0.2) is 4.98 Å². The molecule has 1 N–H and O–H groups in total. The number of nitrogens with zero attached hydrogens (tertiary/aromatic N) is 3. The number of pyridine rings is 1. The summed E-state index contributed by atoms with van der Waals surface area (Å²) in [7, 11) is 0. The summed E-state index contributed by atoms with van der Waals surface area (Å²) in [4.78, 5) is 37.5. The summed E-state index contributed by atoms with van der Waals surface area (Å²) in [6.45, 7) is 0.314. The summed E-state index contributed by atoms with van der Waals surface area (Å²) >= 11 is 0. The molecule has 6 nitrogen and oxygen atoms in total. The number of hydrogen-bond acceptors (Lipinski definition) is 5. The summed E-state index contributed by atoms with van der Waals surface area (Å²) in [5.74, 6) is 0.438. The molecule has 2 aliphatic rings. The smallest absolute Gasteiger partial charge is 0.270 e. The van der Waals surface area contributed by atoms with Gasteiger partial charge >= 0.3 is 0 Å². The first-order chi connectivity index (χ1) is 12.2. The molecule has 25 heavy (non-hydrogen) atoms. The zero-order valence-corrected chi connectivity index (χ0v) is 14.0. The van der Waals surface area contributed by atoms with Crippen LogP contribution in [0.3, 0.4) is 0 Å². The minimum absolute atomic E-state index is 0.123. The van der Waals surface area contributed by atoms with Crippen LogP contribution in [0, 0.1) is 0 Å². The number of hydrogen-bond donors (Lipinski definition) is 1. The van der Waals surface area contributed by atoms with Crippen LogP contribution in [0.25, 0.3) is 0 Å². The Bertz CT molecular complexity index is 813. The number of rotatable bonds is 4. The van der Waals surface area contributed by atoms with Gasteiger partial charge in [0.15, 0.2) is 5.78 Å². The second-order valence-corrected chi connectivity index (χ2v) is 6.71. The minimum Gasteiger partial charge on any atom is -0.345 e. The fraction of sp³-hybridized carbons (Fsp3) is 0.421. The van der Waals surface area contributed by atoms with Crippen molar-refractivity contribution < 1.29 is 9.59 Å². The number of amides is 1. The molecule has 1 amide bonds. The van der Waals surface area contributed by atoms with Crippen molar-refractivity contribution in [3.8, 4) is 0 Å². The lowest BCUT2D eigenvalue weighted by atomic mass is 10.1. The van der Waals surface area contributed by atoms with Gasteiger partial charge < -0.3 is 5.32 Å². The highest BCUT2D eigenvalue weighted by molar-refractivity contribution is 5.98. The number of nitrogens with one attached hydrogen (secondary N) is 1. The maximum atomic E-state index is 12.3. The molecule has 2 aromatic heterocycles. The predicted octanol–water partition coefficient (Wildman–Crippen LogP) is 2.59. The van der Waals surface area contributed by atoms with E-state index in [1.807, 2.05) is 0 Å². The molecule has 0 saturated heterocycles. The summed E-state index contributed by atoms with van der Waals surface area (Å²) in [5.41, 5.74) is 3.50. The molecule has 0 unspecified atom stereocenters. The Morgan fingerprint density at radius 1 is 1.12 bits per heavy atom. The molecule has 4 rings (SSSR count). The average molecular weight is 336 g/mol. The van der Waals surface area contributed by atoms with Gasteiger partial charge in [-0.05, 0) is 44.2 Å². The van der Waals surface area contributed by atoms with Gasteiger partial charge in [0.25, 0.3) is 5.91 Å². The van der Waals surface area contributed by atoms with E-state index < -0.39 is 0 Å². The number of Topliss-reactive ketones (excluding diaryl/α,β-unsaturated/α-hetero) is 1. The quantitative estimate of drug-likeness (QED) is 0.868. The zero-order valence-electron chi connectivity index (χ0n) is 14.0. The van der Waals surface area contributed by atoms with Crippen molar-refractivity contribution in [1.82, 2.24) is 20.3 Å². The van der Waals surface area contributed by atoms with E-state index in [-0.39, 0.29) is 11.7 Å². The SMILES string of the molecule is O=C(NCc1cnc(C2CC2)cn1)c1ccc2c(n1)CCCCC2=O. The van der Waals surface area contributed by atoms with Crippen LogP contribution >= 0.6 is 0 Å². The molecule has 128 valence electrons. The number of carbonyl (C=O) groups is 2. The lowest BCUT2D eigenvalue weighted by Gasteiger charge is -2.08. The number of carbonyl (C=O) groups excluding carboxylic acids is 2. The molecule has 0 aromatic carbocycles. The monoisotopic (exact) mass is 336 g/mol. The lowest BCUT2D eigenvalue weighted by molar-refractivity contribution is 0.0941. The van der Waals surface area contributed by atoms with Crippen LogP contribution in [0.5, 0.6) is 0 Å². The second-order valence-electron chi connectivity index (χ2n) is 6.71. The van der Waals surface area contributed by atoms with E-state index in [0.717, 1.165) is 36.3 Å². The Hall–Kier alpha value is -2.63. The molecule has 1 saturated carbocycles. The summed E-state index contributed by atoms with van der Waals surface area (Å²) in [6, 6.07) is 3.36. The Labute approximate surface area is 146 Å². The summed E-state index contributed by atoms with van der Waals surface area (Å²) < 4.78 is 0. The molecular weight excluding hydrogens is 316 g/mol. The first kappa shape index (κ1) is 15.9. The number of aryl methyl sites for hydroxylation is 1. The van der Waals surface area contributed by atoms with E-state index >= 15 is 0 Å². The number of aromatic nitrogens is 3. The third-order valence-electron chi connectivity index (χ3n) is 4.73. The van der Waals surface area contributed by atoms with Gasteiger partial charge in [-0.3, -0.25) is 19.6 Å². The van der Waals surface area contributed by atoms with Gasteiger partial charge in [0.2, 0.25) is 0 Å². The van der Waals surface area contributed by atoms with Gasteiger partial charge in [0.1, 0.15) is 5.69 Å². The predicted molar refractivity (Wildman–Crippen MR) is 91.3 cm³/mol. The van der Waals surface area contributed by atoms with Crippen LogP contribution in [0.4, 0.5) is 0 Å². The summed E-state index contributed by atoms with van der Waals surface area (Å²) in [6.07, 6.45) is 9.02. The molecule has 2 aromatic rings. The van der Waals surface area contributed by atoms with Crippen LogP contribution in [0.1, 0.15) is 76.0 Å². The molecule has 0 radical (unpaired) electrons. The van der Waals surface area contributed by atoms with Gasteiger partial charge in [0, 0.05) is 24.1 Å². The number of fused-ring (bicyclic) bond motifs is 1. The third-order valence-corrected chi connectivity index (χ3v) is 4.73. The Balaban J connectivity index is 1.42. The van der Waals surface area contributed by atoms with Gasteiger partial charge in [-0.15, -0.1) is 0 Å². The Morgan fingerprint density at radius 2 is 1.96 bits per heavy atom. The standard InChI is InChI=1S/C19H20N4O2/c24-18-4-2-1-3-15-14(18)7-8-16(23-15)19(25)22-10-13-9-21-17(11-20-13)12-5-6-12/h7-9,11-12H,1-6,10H2,(H,22,25). The molecule has 2 heterocycles. The highest BCUT2D eigenvalue weighted by Crippen LogP contribution is 2.38. The van der Waals surface area contributed by atoms with Crippen molar-refractivity contribution in [2.75, 3.05) is 0 Å². The van der Waals surface area contributed by atoms with Crippen molar-refractivity contribution in [2.24, 2.45) is 0 Å². The molecule has 1 fully saturated rings. The first-order valence-electron chi connectivity index (χ1n) is 8.83. The van der Waals surface area contributed by atoms with Crippen LogP contribution in [-0.2, 0) is 13.0 Å². The number of ketones is 1. The molecule has 0 spiro atoms. The highest BCUT2D eigenvalue weighted by atomic mass is 16.2. The van der Waals surface area contributed by atoms with Crippen LogP contribution < -0.4 is 5.32 Å². The normalized spacial score (nSPS) is 16.9. The van der Waals surface area contributed by atoms with E-state index in [4.69, 9.17) is 0 Å². The van der Waals surface area contributed by atoms with Gasteiger partial charge in [0.05, 0.1) is 29.8 Å². The lowest BCUT2D eigenvalue weighted by Crippen LogP contribution is -2.25. The fourth-order valence-corrected chi connectivity index (χ4v) is 3.09. The second kappa shape index (κ2) is 6.70. The van der Waals surface area contributed by atoms with E-state index in [1.165, 1.54) is 12.8 Å². The van der Waals surface area contributed by atoms with Crippen molar-refractivity contribution >= 4 is 11.7 Å². The van der Waals surface area contributed by atoms with Gasteiger partial charge in [-0.1, -0.05) is 0 Å². The molecule has 2 aliphatic carbocycles. The van der Waals surface area contributed by atoms with E-state index in [1.54, 1.807) is 24.5 Å². The van der Waals surface area contributed by atoms with Crippen molar-refractivity contribution in [1.29, 1.82) is 0 Å². The van der Waals surface area contributed by atoms with Crippen LogP contribution in [0.2, 0.25) is 0 Å². The van der Waals surface area contributed by atoms with Gasteiger partial charge in [-0.2, -0.15) is 0 Å². The van der Waals surface area contributed by atoms with E-state index in [2.05, 4.69) is 20.3 Å². The molecule has 0 aliphatic heterocycles. The maximum absolute atomic E-state index is 12.3. The van der Waals surface area contributed by atoms with Crippen molar-refractivity contribution in [3.05, 3.63) is 52.9 Å². The molecule has 6 heteroatoms. The first-order valence-corrected chi connectivity index (χ1v) is 8.83. The Kier molecular flexibility index (Phi) is 4.26. The molecule has 0 bridgehead atoms. The summed E-state index contributed by atoms with van der Waals surface area (Å²) in [5, 5.41) is 2.82. The van der Waals surface area contributed by atoms with E-state index in [0.29, 0.717) is 30.1 Å². The Morgan fingerprint density at radius 3 is 2.72 bits per heavy atom. The minimum atomic E-state index is -0.257. The van der Waals surface area contributed by atoms with E-state index in [9.17, 15) is 9.59 Å². The van der Waals surface area contributed by atoms with Crippen molar-refractivity contribution in [3.63, 3.8) is 0 Å². The van der Waals surface area contributed by atoms with Crippen molar-refractivity contribution in [2.45, 2.75) is 51.0 Å². The fourth-order valence-electron chi connectivity index (χ4n) is 3.09. The van der Waals surface area contributed by atoms with Crippen LogP contribution in [0.15, 0.2) is 24.5 Å². The topological polar surface area (TPSA) is 84.8 Å². The largest absolute Gasteiger partial charge is 0.345 e. The molecular formula is C19H20N4O2. The average Bonchev–Trinajstić information content (AvgIpc) is 3.49. The molecule has 0 atom stereocenters. The maximum Gasteiger partial charge on any atom is 0.270 e. The highest BCUT2D eigenvalue weighted by Gasteiger charge is 2.25.